The highest BCUT2D eigenvalue weighted by Gasteiger charge is 2.69. The summed E-state index contributed by atoms with van der Waals surface area (Å²) in [4.78, 5) is 0. The van der Waals surface area contributed by atoms with E-state index in [1.807, 2.05) is 6.92 Å². The molecule has 4 saturated heterocycles. The average Bonchev–Trinajstić information content (AvgIpc) is 3.70. The van der Waals surface area contributed by atoms with Crippen molar-refractivity contribution in [1.29, 1.82) is 0 Å². The van der Waals surface area contributed by atoms with Crippen molar-refractivity contribution in [3.63, 3.8) is 0 Å². The van der Waals surface area contributed by atoms with Gasteiger partial charge in [0.2, 0.25) is 0 Å². The summed E-state index contributed by atoms with van der Waals surface area (Å²) >= 11 is 0. The lowest BCUT2D eigenvalue weighted by molar-refractivity contribution is -0.374. The molecule has 0 aromatic heterocycles. The fraction of sp³-hybridized carbons (Fsp3) is 1.00. The van der Waals surface area contributed by atoms with Crippen LogP contribution < -0.4 is 0 Å². The Morgan fingerprint density at radius 3 is 2.00 bits per heavy atom. The molecule has 370 valence electrons. The van der Waals surface area contributed by atoms with Gasteiger partial charge in [-0.05, 0) is 105 Å². The number of rotatable bonds is 12. The van der Waals surface area contributed by atoms with E-state index in [1.165, 1.54) is 6.92 Å². The van der Waals surface area contributed by atoms with Gasteiger partial charge in [-0.3, -0.25) is 0 Å². The van der Waals surface area contributed by atoms with E-state index < -0.39 is 123 Å². The van der Waals surface area contributed by atoms with E-state index in [-0.39, 0.29) is 47.2 Å². The van der Waals surface area contributed by atoms with E-state index in [0.29, 0.717) is 43.4 Å². The molecular formula is C45H76O19. The molecule has 0 aromatic rings. The van der Waals surface area contributed by atoms with Gasteiger partial charge >= 0.3 is 0 Å². The normalized spacial score (nSPS) is 56.8. The molecule has 28 atom stereocenters. The predicted octanol–water partition coefficient (Wildman–Crippen LogP) is -1.78. The van der Waals surface area contributed by atoms with Crippen molar-refractivity contribution in [3.8, 4) is 0 Å². The number of fused-ring (bicyclic) bond motifs is 7. The zero-order valence-electron chi connectivity index (χ0n) is 37.6. The van der Waals surface area contributed by atoms with E-state index >= 15 is 0 Å². The van der Waals surface area contributed by atoms with Gasteiger partial charge in [0.05, 0.1) is 44.2 Å². The standard InChI is InChI=1S/C45H76O19/c1-18(17-58-40-37(55)35(53)32(50)28(15-46)61-40)8-11-45(57)19(2)30-27(64-45)13-24-22-7-6-21-12-26(25(48)14-44(21,5)23(22)9-10-43(24,30)4)60-42-39(36(54)33(51)29(16-47)62-42)63-41-38(56)34(52)31(49)20(3)59-41/h18-42,46-57H,6-17H2,1-5H3. The van der Waals surface area contributed by atoms with Gasteiger partial charge in [-0.15, -0.1) is 0 Å². The molecule has 4 aliphatic heterocycles. The first-order chi connectivity index (χ1) is 30.2. The van der Waals surface area contributed by atoms with Crippen LogP contribution >= 0.6 is 0 Å². The second kappa shape index (κ2) is 18.9. The molecule has 8 aliphatic rings. The number of ether oxygens (including phenoxy) is 7. The number of hydrogen-bond acceptors (Lipinski definition) is 19. The summed E-state index contributed by atoms with van der Waals surface area (Å²) in [6.45, 7) is 9.19. The van der Waals surface area contributed by atoms with Crippen molar-refractivity contribution in [2.45, 2.75) is 209 Å². The summed E-state index contributed by atoms with van der Waals surface area (Å²) in [5.41, 5.74) is -0.263. The van der Waals surface area contributed by atoms with Crippen LogP contribution in [0.4, 0.5) is 0 Å². The molecule has 0 aromatic carbocycles. The minimum atomic E-state index is -1.70. The average molecular weight is 921 g/mol. The molecule has 28 unspecified atom stereocenters. The van der Waals surface area contributed by atoms with Crippen LogP contribution in [-0.4, -0.2) is 197 Å². The summed E-state index contributed by atoms with van der Waals surface area (Å²) < 4.78 is 41.9. The lowest BCUT2D eigenvalue weighted by Gasteiger charge is -2.62. The Balaban J connectivity index is 0.883. The number of aliphatic hydroxyl groups excluding tert-OH is 11. The van der Waals surface area contributed by atoms with Crippen LogP contribution in [0.15, 0.2) is 0 Å². The minimum absolute atomic E-state index is 0.0563. The molecular weight excluding hydrogens is 844 g/mol. The second-order valence-corrected chi connectivity index (χ2v) is 21.6. The van der Waals surface area contributed by atoms with Gasteiger partial charge in [-0.2, -0.15) is 0 Å². The third-order valence-electron chi connectivity index (χ3n) is 18.0. The van der Waals surface area contributed by atoms with Crippen LogP contribution in [0.5, 0.6) is 0 Å². The monoisotopic (exact) mass is 920 g/mol. The Hall–Kier alpha value is -0.760. The van der Waals surface area contributed by atoms with Gasteiger partial charge in [0.15, 0.2) is 24.7 Å². The molecule has 4 aliphatic carbocycles. The van der Waals surface area contributed by atoms with Crippen molar-refractivity contribution >= 4 is 0 Å². The maximum atomic E-state index is 12.1. The highest BCUT2D eigenvalue weighted by molar-refractivity contribution is 5.15. The lowest BCUT2D eigenvalue weighted by Crippen LogP contribution is -2.65. The number of hydrogen-bond donors (Lipinski definition) is 12. The van der Waals surface area contributed by atoms with Crippen molar-refractivity contribution in [2.24, 2.45) is 52.3 Å². The van der Waals surface area contributed by atoms with Crippen LogP contribution in [0.2, 0.25) is 0 Å². The van der Waals surface area contributed by atoms with E-state index in [9.17, 15) is 61.3 Å². The van der Waals surface area contributed by atoms with E-state index in [2.05, 4.69) is 20.8 Å². The molecule has 8 fully saturated rings. The molecule has 0 spiro atoms. The van der Waals surface area contributed by atoms with Crippen LogP contribution in [0, 0.1) is 52.3 Å². The maximum absolute atomic E-state index is 12.1. The Morgan fingerprint density at radius 2 is 1.31 bits per heavy atom. The molecule has 4 heterocycles. The third-order valence-corrected chi connectivity index (χ3v) is 18.0. The van der Waals surface area contributed by atoms with Crippen molar-refractivity contribution in [2.75, 3.05) is 19.8 Å². The molecule has 19 nitrogen and oxygen atoms in total. The van der Waals surface area contributed by atoms with Gasteiger partial charge in [0.25, 0.3) is 0 Å². The lowest BCUT2D eigenvalue weighted by atomic mass is 9.44. The van der Waals surface area contributed by atoms with E-state index in [4.69, 9.17) is 33.2 Å². The fourth-order valence-corrected chi connectivity index (χ4v) is 14.1. The largest absolute Gasteiger partial charge is 0.394 e. The Kier molecular flexibility index (Phi) is 14.6. The Labute approximate surface area is 374 Å². The Bertz CT molecular complexity index is 1580. The maximum Gasteiger partial charge on any atom is 0.187 e. The summed E-state index contributed by atoms with van der Waals surface area (Å²) in [6, 6.07) is 0. The van der Waals surface area contributed by atoms with Gasteiger partial charge in [0.1, 0.15) is 67.1 Å². The minimum Gasteiger partial charge on any atom is -0.394 e. The second-order valence-electron chi connectivity index (χ2n) is 21.6. The van der Waals surface area contributed by atoms with Crippen LogP contribution in [-0.2, 0) is 33.2 Å². The van der Waals surface area contributed by atoms with E-state index in [0.717, 1.165) is 32.1 Å². The van der Waals surface area contributed by atoms with Gasteiger partial charge < -0.3 is 94.4 Å². The van der Waals surface area contributed by atoms with Gasteiger partial charge in [-0.25, -0.2) is 0 Å². The van der Waals surface area contributed by atoms with Crippen LogP contribution in [0.1, 0.15) is 92.4 Å². The first-order valence-electron chi connectivity index (χ1n) is 23.8. The topological polar surface area (TPSA) is 307 Å². The summed E-state index contributed by atoms with van der Waals surface area (Å²) in [7, 11) is 0. The molecule has 64 heavy (non-hydrogen) atoms. The molecule has 4 saturated carbocycles. The zero-order chi connectivity index (χ0) is 46.4. The van der Waals surface area contributed by atoms with Gasteiger partial charge in [0, 0.05) is 12.3 Å². The zero-order valence-corrected chi connectivity index (χ0v) is 37.6. The summed E-state index contributed by atoms with van der Waals surface area (Å²) in [6.07, 6.45) is -16.4. The summed E-state index contributed by atoms with van der Waals surface area (Å²) in [5, 5.41) is 127. The fourth-order valence-electron chi connectivity index (χ4n) is 14.1. The smallest absolute Gasteiger partial charge is 0.187 e. The molecule has 8 rings (SSSR count). The van der Waals surface area contributed by atoms with Crippen molar-refractivity contribution < 1.29 is 94.4 Å². The van der Waals surface area contributed by atoms with E-state index in [1.54, 1.807) is 0 Å². The summed E-state index contributed by atoms with van der Waals surface area (Å²) in [5.74, 6) is -0.0681. The SMILES string of the molecule is CC(CCC1(O)OC2CC3C4CCC5CC(OC6OC(CO)C(O)C(O)C6OC6OC(C)C(O)C(O)C6O)C(O)CC5(C)C4CCC3(C)C2C1C)COC1OC(CO)C(O)C(O)C1O. The molecule has 0 amide bonds. The third kappa shape index (κ3) is 8.55. The molecule has 12 N–H and O–H groups in total. The van der Waals surface area contributed by atoms with Crippen molar-refractivity contribution in [1.82, 2.24) is 0 Å². The van der Waals surface area contributed by atoms with Crippen LogP contribution in [0.3, 0.4) is 0 Å². The highest BCUT2D eigenvalue weighted by atomic mass is 16.8. The predicted molar refractivity (Wildman–Crippen MR) is 219 cm³/mol. The van der Waals surface area contributed by atoms with Gasteiger partial charge in [-0.1, -0.05) is 27.7 Å². The highest BCUT2D eigenvalue weighted by Crippen LogP contribution is 2.71. The first kappa shape index (κ1) is 49.7. The quantitative estimate of drug-likeness (QED) is 0.0964. The molecule has 0 radical (unpaired) electrons. The Morgan fingerprint density at radius 1 is 0.672 bits per heavy atom. The number of aliphatic hydroxyl groups is 12. The molecule has 0 bridgehead atoms. The first-order valence-corrected chi connectivity index (χ1v) is 23.8. The van der Waals surface area contributed by atoms with Crippen molar-refractivity contribution in [3.05, 3.63) is 0 Å². The van der Waals surface area contributed by atoms with Crippen LogP contribution in [0.25, 0.3) is 0 Å². The molecule has 19 heteroatoms.